The van der Waals surface area contributed by atoms with Gasteiger partial charge in [-0.15, -0.1) is 0 Å². The maximum Gasteiger partial charge on any atom is 0.0645 e. The lowest BCUT2D eigenvalue weighted by molar-refractivity contribution is 1.18. The van der Waals surface area contributed by atoms with Gasteiger partial charge in [0.25, 0.3) is 0 Å². The van der Waals surface area contributed by atoms with E-state index in [9.17, 15) is 6.85 Å². The van der Waals surface area contributed by atoms with Crippen molar-refractivity contribution in [2.45, 2.75) is 0 Å². The van der Waals surface area contributed by atoms with Gasteiger partial charge in [-0.1, -0.05) is 182 Å². The Morgan fingerprint density at radius 2 is 0.871 bits per heavy atom. The predicted octanol–water partition coefficient (Wildman–Crippen LogP) is 16.2. The molecular weight excluding hydrogens is 749 g/mol. The van der Waals surface area contributed by atoms with Gasteiger partial charge in [-0.25, -0.2) is 0 Å². The van der Waals surface area contributed by atoms with Crippen LogP contribution < -0.4 is 0 Å². The summed E-state index contributed by atoms with van der Waals surface area (Å²) >= 11 is 0. The van der Waals surface area contributed by atoms with Crippen LogP contribution in [0.25, 0.3) is 111 Å². The van der Waals surface area contributed by atoms with Crippen LogP contribution in [0.1, 0.15) is 9.60 Å². The summed E-state index contributed by atoms with van der Waals surface area (Å²) in [5.74, 6) is 0. The van der Waals surface area contributed by atoms with Crippen molar-refractivity contribution in [1.82, 2.24) is 9.13 Å². The average molecular weight is 796 g/mol. The van der Waals surface area contributed by atoms with E-state index in [-0.39, 0.29) is 57.6 Å². The van der Waals surface area contributed by atoms with Crippen LogP contribution in [-0.4, -0.2) is 9.13 Å². The molecule has 0 N–H and O–H groups in total. The van der Waals surface area contributed by atoms with Crippen molar-refractivity contribution >= 4 is 43.6 Å². The smallest absolute Gasteiger partial charge is 0.0645 e. The third-order valence-corrected chi connectivity index (χ3v) is 12.0. The highest BCUT2D eigenvalue weighted by Crippen LogP contribution is 2.43. The molecule has 290 valence electrons. The fourth-order valence-electron chi connectivity index (χ4n) is 9.10. The quantitative estimate of drug-likeness (QED) is 0.152. The second kappa shape index (κ2) is 14.8. The maximum atomic E-state index is 10.0. The van der Waals surface area contributed by atoms with Crippen LogP contribution in [-0.2, 0) is 0 Å². The van der Waals surface area contributed by atoms with Crippen LogP contribution in [0, 0.1) is 0 Å². The lowest BCUT2D eigenvalue weighted by Crippen LogP contribution is -1.97. The molecule has 12 aromatic rings. The van der Waals surface area contributed by atoms with E-state index >= 15 is 0 Å². The van der Waals surface area contributed by atoms with Gasteiger partial charge in [-0.3, -0.25) is 0 Å². The highest BCUT2D eigenvalue weighted by molar-refractivity contribution is 6.17. The molecule has 0 bridgehead atoms. The van der Waals surface area contributed by atoms with Gasteiger partial charge in [0.05, 0.1) is 37.3 Å². The summed E-state index contributed by atoms with van der Waals surface area (Å²) in [5.41, 5.74) is 12.8. The van der Waals surface area contributed by atoms with Crippen LogP contribution in [0.15, 0.2) is 242 Å². The van der Waals surface area contributed by atoms with Crippen molar-refractivity contribution in [3.8, 4) is 67.0 Å². The van der Waals surface area contributed by atoms with Crippen LogP contribution in [0.4, 0.5) is 0 Å². The molecule has 0 unspecified atom stereocenters. The summed E-state index contributed by atoms with van der Waals surface area (Å²) in [6.07, 6.45) is 0. The Bertz CT molecular complexity index is 4010. The molecule has 0 spiro atoms. The molecule has 2 aromatic heterocycles. The van der Waals surface area contributed by atoms with Crippen molar-refractivity contribution in [1.29, 1.82) is 0 Å². The van der Waals surface area contributed by atoms with Gasteiger partial charge in [0.2, 0.25) is 0 Å². The van der Waals surface area contributed by atoms with Crippen LogP contribution >= 0.6 is 0 Å². The van der Waals surface area contributed by atoms with E-state index < -0.39 is 12.1 Å². The minimum atomic E-state index is -0.430. The summed E-state index contributed by atoms with van der Waals surface area (Å²) in [6, 6.07) is 65.4. The summed E-state index contributed by atoms with van der Waals surface area (Å²) in [4.78, 5) is 0. The highest BCUT2D eigenvalue weighted by Gasteiger charge is 2.20. The number of fused-ring (bicyclic) bond motifs is 6. The van der Waals surface area contributed by atoms with Gasteiger partial charge in [0.1, 0.15) is 0 Å². The molecule has 0 fully saturated rings. The fourth-order valence-corrected chi connectivity index (χ4v) is 9.10. The normalized spacial score (nSPS) is 13.1. The first-order valence-electron chi connectivity index (χ1n) is 24.3. The third-order valence-electron chi connectivity index (χ3n) is 12.0. The number of benzene rings is 10. The van der Waals surface area contributed by atoms with E-state index in [0.717, 1.165) is 72.0 Å². The molecule has 62 heavy (non-hydrogen) atoms. The summed E-state index contributed by atoms with van der Waals surface area (Å²) in [5, 5.41) is 2.22. The minimum Gasteiger partial charge on any atom is -0.309 e. The Hall–Kier alpha value is -8.20. The molecule has 2 heteroatoms. The van der Waals surface area contributed by atoms with E-state index in [1.165, 1.54) is 0 Å². The Morgan fingerprint density at radius 3 is 1.63 bits per heavy atom. The molecule has 10 aromatic carbocycles. The molecule has 2 heterocycles. The Morgan fingerprint density at radius 1 is 0.306 bits per heavy atom. The van der Waals surface area contributed by atoms with Gasteiger partial charge >= 0.3 is 0 Å². The predicted molar refractivity (Wildman–Crippen MR) is 262 cm³/mol. The number of aromatic nitrogens is 2. The zero-order valence-electron chi connectivity index (χ0n) is 40.4. The molecule has 0 aliphatic carbocycles. The van der Waals surface area contributed by atoms with E-state index in [2.05, 4.69) is 83.4 Å². The molecule has 2 nitrogen and oxygen atoms in total. The molecule has 0 saturated carbocycles. The zero-order valence-corrected chi connectivity index (χ0v) is 33.4. The van der Waals surface area contributed by atoms with Crippen molar-refractivity contribution in [2.24, 2.45) is 0 Å². The van der Waals surface area contributed by atoms with E-state index in [1.54, 1.807) is 4.57 Å². The number of hydrogen-bond donors (Lipinski definition) is 0. The molecule has 0 saturated heterocycles. The van der Waals surface area contributed by atoms with Gasteiger partial charge in [-0.2, -0.15) is 0 Å². The SMILES string of the molecule is [2H]c1c([2H])c([2H])c2c(c1[2H])c1c([2H])c(-c3ccc4c(c3)c3c(-c5ccccc5)cccc3n4-c3ccccc3-c3ccccc3)c([2H])c([2H])c1n2-c1ccc(-c2cccc(-c3ccccc3)c2)cc1. The first kappa shape index (κ1) is 29.1. The summed E-state index contributed by atoms with van der Waals surface area (Å²) in [6.45, 7) is 0. The van der Waals surface area contributed by atoms with Crippen molar-refractivity contribution in [2.75, 3.05) is 0 Å². The van der Waals surface area contributed by atoms with E-state index in [1.807, 2.05) is 121 Å². The van der Waals surface area contributed by atoms with Crippen molar-refractivity contribution < 1.29 is 9.60 Å². The van der Waals surface area contributed by atoms with Crippen molar-refractivity contribution in [3.63, 3.8) is 0 Å². The molecule has 0 aliphatic heterocycles. The van der Waals surface area contributed by atoms with Gasteiger partial charge in [0, 0.05) is 32.8 Å². The Labute approximate surface area is 370 Å². The molecule has 12 rings (SSSR count). The van der Waals surface area contributed by atoms with E-state index in [4.69, 9.17) is 2.74 Å². The second-order valence-corrected chi connectivity index (χ2v) is 15.5. The topological polar surface area (TPSA) is 9.86 Å². The number of nitrogens with zero attached hydrogens (tertiary/aromatic N) is 2. The molecular formula is C60H40N2. The average Bonchev–Trinajstić information content (AvgIpc) is 3.94. The number of rotatable bonds is 7. The summed E-state index contributed by atoms with van der Waals surface area (Å²) < 4.78 is 69.6. The highest BCUT2D eigenvalue weighted by atomic mass is 15.0. The fraction of sp³-hybridized carbons (Fsp3) is 0. The summed E-state index contributed by atoms with van der Waals surface area (Å²) in [7, 11) is 0. The largest absolute Gasteiger partial charge is 0.309 e. The Kier molecular flexibility index (Phi) is 6.95. The monoisotopic (exact) mass is 795 g/mol. The molecule has 0 aliphatic rings. The second-order valence-electron chi connectivity index (χ2n) is 15.5. The first-order chi connectivity index (χ1) is 33.7. The molecule has 0 radical (unpaired) electrons. The van der Waals surface area contributed by atoms with Crippen LogP contribution in [0.2, 0.25) is 0 Å². The van der Waals surface area contributed by atoms with Crippen molar-refractivity contribution in [3.05, 3.63) is 242 Å². The van der Waals surface area contributed by atoms with Crippen LogP contribution in [0.5, 0.6) is 0 Å². The van der Waals surface area contributed by atoms with E-state index in [0.29, 0.717) is 11.3 Å². The third kappa shape index (κ3) is 5.96. The van der Waals surface area contributed by atoms with Gasteiger partial charge < -0.3 is 9.13 Å². The molecule has 0 atom stereocenters. The zero-order chi connectivity index (χ0) is 47.1. The van der Waals surface area contributed by atoms with Crippen LogP contribution in [0.3, 0.4) is 0 Å². The lowest BCUT2D eigenvalue weighted by Gasteiger charge is -2.14. The Balaban J connectivity index is 1.10. The number of para-hydroxylation sites is 2. The lowest BCUT2D eigenvalue weighted by atomic mass is 9.97. The van der Waals surface area contributed by atoms with Gasteiger partial charge in [0.15, 0.2) is 0 Å². The minimum absolute atomic E-state index is 0.0880. The van der Waals surface area contributed by atoms with Gasteiger partial charge in [-0.05, 0) is 111 Å². The standard InChI is InChI=1S/C60H40N2/c1-4-16-41(17-5-1)45-22-14-23-46(38-45)42-30-34-49(35-31-42)61-56-28-13-11-25-52(56)53-39-47(32-36-57(53)61)48-33-37-58-54(40-48)60-51(44-20-8-3-9-21-44)26-15-29-59(60)62(58)55-27-12-10-24-50(55)43-18-6-2-7-19-43/h1-40H/i11D,13D,25D,28D,32D,36D,39D. The number of hydrogen-bond acceptors (Lipinski definition) is 0. The maximum absolute atomic E-state index is 10.0. The molecule has 0 amide bonds. The first-order valence-corrected chi connectivity index (χ1v) is 20.8.